The third-order valence-corrected chi connectivity index (χ3v) is 6.75. The van der Waals surface area contributed by atoms with Crippen molar-refractivity contribution < 1.29 is 24.1 Å². The first-order chi connectivity index (χ1) is 16.1. The molecule has 2 aromatic carbocycles. The van der Waals surface area contributed by atoms with Crippen LogP contribution >= 0.6 is 11.3 Å². The third kappa shape index (κ3) is 5.31. The second-order valence-corrected chi connectivity index (χ2v) is 8.94. The predicted octanol–water partition coefficient (Wildman–Crippen LogP) is 5.23. The van der Waals surface area contributed by atoms with Gasteiger partial charge in [-0.2, -0.15) is 11.3 Å². The highest BCUT2D eigenvalue weighted by Gasteiger charge is 2.32. The number of thiophene rings is 1. The van der Waals surface area contributed by atoms with Gasteiger partial charge >= 0.3 is 5.97 Å². The molecule has 1 fully saturated rings. The first-order valence-corrected chi connectivity index (χ1v) is 12.0. The van der Waals surface area contributed by atoms with Crippen LogP contribution in [0.5, 0.6) is 17.2 Å². The summed E-state index contributed by atoms with van der Waals surface area (Å²) in [4.78, 5) is 14.0. The quantitative estimate of drug-likeness (QED) is 0.465. The Hall–Kier alpha value is -3.03. The van der Waals surface area contributed by atoms with E-state index in [9.17, 15) is 9.90 Å². The maximum atomic E-state index is 11.7. The molecule has 0 spiro atoms. The monoisotopic (exact) mass is 467 g/mol. The predicted molar refractivity (Wildman–Crippen MR) is 128 cm³/mol. The maximum absolute atomic E-state index is 11.7. The second kappa shape index (κ2) is 10.7. The molecule has 1 N–H and O–H groups in total. The van der Waals surface area contributed by atoms with Gasteiger partial charge in [0.05, 0.1) is 26.2 Å². The number of likely N-dealkylation sites (tertiary alicyclic amines) is 1. The van der Waals surface area contributed by atoms with Crippen LogP contribution in [-0.2, 0) is 11.4 Å². The summed E-state index contributed by atoms with van der Waals surface area (Å²) in [6, 6.07) is 15.9. The molecule has 0 bridgehead atoms. The van der Waals surface area contributed by atoms with Gasteiger partial charge in [-0.3, -0.25) is 9.69 Å². The lowest BCUT2D eigenvalue weighted by Crippen LogP contribution is -2.41. The van der Waals surface area contributed by atoms with Gasteiger partial charge in [0, 0.05) is 6.54 Å². The summed E-state index contributed by atoms with van der Waals surface area (Å²) >= 11 is 1.63. The number of benzene rings is 2. The lowest BCUT2D eigenvalue weighted by atomic mass is 9.92. The molecular weight excluding hydrogens is 438 g/mol. The van der Waals surface area contributed by atoms with Gasteiger partial charge in [-0.15, -0.1) is 0 Å². The number of hydrogen-bond acceptors (Lipinski definition) is 6. The average molecular weight is 468 g/mol. The minimum absolute atomic E-state index is 0.0932. The fourth-order valence-corrected chi connectivity index (χ4v) is 5.10. The first-order valence-electron chi connectivity index (χ1n) is 11.0. The van der Waals surface area contributed by atoms with E-state index in [0.29, 0.717) is 36.8 Å². The van der Waals surface area contributed by atoms with Gasteiger partial charge in [0.25, 0.3) is 0 Å². The zero-order valence-corrected chi connectivity index (χ0v) is 19.7. The molecule has 174 valence electrons. The summed E-state index contributed by atoms with van der Waals surface area (Å²) in [6.07, 6.45) is 1.56. The topological polar surface area (TPSA) is 68.2 Å². The van der Waals surface area contributed by atoms with Gasteiger partial charge < -0.3 is 19.3 Å². The van der Waals surface area contributed by atoms with Gasteiger partial charge in [-0.1, -0.05) is 30.3 Å². The van der Waals surface area contributed by atoms with Gasteiger partial charge in [0.2, 0.25) is 5.75 Å². The van der Waals surface area contributed by atoms with Crippen LogP contribution in [-0.4, -0.2) is 43.3 Å². The maximum Gasteiger partial charge on any atom is 0.307 e. The van der Waals surface area contributed by atoms with Crippen molar-refractivity contribution >= 4 is 17.3 Å². The molecule has 1 aromatic heterocycles. The number of carboxylic acids is 1. The summed E-state index contributed by atoms with van der Waals surface area (Å²) in [5.41, 5.74) is 3.17. The van der Waals surface area contributed by atoms with Crippen molar-refractivity contribution in [2.24, 2.45) is 5.92 Å². The highest BCUT2D eigenvalue weighted by atomic mass is 32.1. The lowest BCUT2D eigenvalue weighted by Gasteiger charge is -2.37. The standard InChI is InChI=1S/C26H29NO5S/c1-30-22-13-21(14-23(31-2)25(22)32-16-18-7-4-3-5-8-18)24(20-10-12-33-17-20)27-11-6-9-19(15-27)26(28)29/h3-5,7-8,10,12-14,17,19,24H,6,9,11,15-16H2,1-2H3,(H,28,29). The fraction of sp³-hybridized carbons (Fsp3) is 0.346. The van der Waals surface area contributed by atoms with E-state index in [0.717, 1.165) is 29.7 Å². The molecule has 7 heteroatoms. The largest absolute Gasteiger partial charge is 0.493 e. The molecule has 4 rings (SSSR count). The highest BCUT2D eigenvalue weighted by Crippen LogP contribution is 2.43. The lowest BCUT2D eigenvalue weighted by molar-refractivity contribution is -0.143. The van der Waals surface area contributed by atoms with E-state index in [4.69, 9.17) is 14.2 Å². The van der Waals surface area contributed by atoms with Crippen molar-refractivity contribution in [1.82, 2.24) is 4.90 Å². The Kier molecular flexibility index (Phi) is 7.52. The molecule has 0 amide bonds. The highest BCUT2D eigenvalue weighted by molar-refractivity contribution is 7.08. The van der Waals surface area contributed by atoms with Gasteiger partial charge in [0.15, 0.2) is 11.5 Å². The Morgan fingerprint density at radius 1 is 1.12 bits per heavy atom. The Balaban J connectivity index is 1.69. The number of aliphatic carboxylic acids is 1. The number of ether oxygens (including phenoxy) is 3. The molecule has 0 saturated carbocycles. The second-order valence-electron chi connectivity index (χ2n) is 8.16. The average Bonchev–Trinajstić information content (AvgIpc) is 3.38. The van der Waals surface area contributed by atoms with Crippen LogP contribution in [0.15, 0.2) is 59.3 Å². The van der Waals surface area contributed by atoms with Crippen molar-refractivity contribution in [2.45, 2.75) is 25.5 Å². The van der Waals surface area contributed by atoms with Gasteiger partial charge in [-0.25, -0.2) is 0 Å². The summed E-state index contributed by atoms with van der Waals surface area (Å²) in [5.74, 6) is 0.638. The Morgan fingerprint density at radius 2 is 1.85 bits per heavy atom. The number of rotatable bonds is 9. The van der Waals surface area contributed by atoms with E-state index in [-0.39, 0.29) is 12.0 Å². The Labute approximate surface area is 198 Å². The van der Waals surface area contributed by atoms with E-state index in [1.165, 1.54) is 0 Å². The summed E-state index contributed by atoms with van der Waals surface area (Å²) in [7, 11) is 3.24. The van der Waals surface area contributed by atoms with Crippen LogP contribution in [0.1, 0.15) is 35.6 Å². The van der Waals surface area contributed by atoms with E-state index in [1.54, 1.807) is 25.6 Å². The van der Waals surface area contributed by atoms with Crippen molar-refractivity contribution in [2.75, 3.05) is 27.3 Å². The van der Waals surface area contributed by atoms with Crippen molar-refractivity contribution in [1.29, 1.82) is 0 Å². The molecule has 0 radical (unpaired) electrons. The molecule has 1 saturated heterocycles. The Bertz CT molecular complexity index is 1030. The molecule has 6 nitrogen and oxygen atoms in total. The number of piperidine rings is 1. The number of carbonyl (C=O) groups is 1. The summed E-state index contributed by atoms with van der Waals surface area (Å²) < 4.78 is 17.5. The minimum Gasteiger partial charge on any atom is -0.493 e. The van der Waals surface area contributed by atoms with E-state index < -0.39 is 5.97 Å². The van der Waals surface area contributed by atoms with Crippen LogP contribution in [0, 0.1) is 5.92 Å². The van der Waals surface area contributed by atoms with Gasteiger partial charge in [-0.05, 0) is 65.0 Å². The van der Waals surface area contributed by atoms with Crippen molar-refractivity contribution in [3.63, 3.8) is 0 Å². The zero-order valence-electron chi connectivity index (χ0n) is 18.9. The molecule has 2 heterocycles. The molecule has 33 heavy (non-hydrogen) atoms. The number of carboxylic acid groups (broad SMARTS) is 1. The van der Waals surface area contributed by atoms with Crippen LogP contribution in [0.25, 0.3) is 0 Å². The summed E-state index contributed by atoms with van der Waals surface area (Å²) in [6.45, 7) is 1.74. The smallest absolute Gasteiger partial charge is 0.307 e. The third-order valence-electron chi connectivity index (χ3n) is 6.05. The van der Waals surface area contributed by atoms with Crippen LogP contribution in [0.2, 0.25) is 0 Å². The Morgan fingerprint density at radius 3 is 2.45 bits per heavy atom. The normalized spacial score (nSPS) is 17.3. The SMILES string of the molecule is COc1cc(C(c2ccsc2)N2CCCC(C(=O)O)C2)cc(OC)c1OCc1ccccc1. The molecular formula is C26H29NO5S. The molecule has 2 unspecified atom stereocenters. The molecule has 0 aliphatic carbocycles. The number of hydrogen-bond donors (Lipinski definition) is 1. The minimum atomic E-state index is -0.733. The van der Waals surface area contributed by atoms with Crippen LogP contribution in [0.4, 0.5) is 0 Å². The van der Waals surface area contributed by atoms with Crippen LogP contribution < -0.4 is 14.2 Å². The van der Waals surface area contributed by atoms with Crippen LogP contribution in [0.3, 0.4) is 0 Å². The molecule has 2 atom stereocenters. The molecule has 1 aliphatic rings. The van der Waals surface area contributed by atoms with E-state index >= 15 is 0 Å². The first kappa shape index (κ1) is 23.1. The fourth-order valence-electron chi connectivity index (χ4n) is 4.42. The van der Waals surface area contributed by atoms with Crippen molar-refractivity contribution in [3.05, 3.63) is 76.0 Å². The van der Waals surface area contributed by atoms with E-state index in [1.807, 2.05) is 47.8 Å². The van der Waals surface area contributed by atoms with Crippen molar-refractivity contribution in [3.8, 4) is 17.2 Å². The molecule has 1 aliphatic heterocycles. The van der Waals surface area contributed by atoms with E-state index in [2.05, 4.69) is 16.3 Å². The zero-order chi connectivity index (χ0) is 23.2. The molecule has 3 aromatic rings. The summed E-state index contributed by atoms with van der Waals surface area (Å²) in [5, 5.41) is 13.8. The number of nitrogens with zero attached hydrogens (tertiary/aromatic N) is 1. The number of methoxy groups -OCH3 is 2. The van der Waals surface area contributed by atoms with Gasteiger partial charge in [0.1, 0.15) is 6.61 Å².